The summed E-state index contributed by atoms with van der Waals surface area (Å²) in [6.45, 7) is 0.548. The lowest BCUT2D eigenvalue weighted by Gasteiger charge is -2.21. The second-order valence-electron chi connectivity index (χ2n) is 3.22. The van der Waals surface area contributed by atoms with E-state index in [9.17, 15) is 9.59 Å². The van der Waals surface area contributed by atoms with Crippen molar-refractivity contribution < 1.29 is 14.4 Å². The van der Waals surface area contributed by atoms with E-state index in [0.29, 0.717) is 0 Å². The molecule has 0 aromatic heterocycles. The van der Waals surface area contributed by atoms with Crippen LogP contribution in [0.5, 0.6) is 0 Å². The first kappa shape index (κ1) is 10.9. The molecule has 0 bridgehead atoms. The Morgan fingerprint density at radius 2 is 2.29 bits per heavy atom. The van der Waals surface area contributed by atoms with Crippen LogP contribution in [0.25, 0.3) is 0 Å². The fourth-order valence-corrected chi connectivity index (χ4v) is 1.33. The Morgan fingerprint density at radius 1 is 1.50 bits per heavy atom. The zero-order valence-corrected chi connectivity index (χ0v) is 7.91. The molecule has 0 aromatic carbocycles. The third-order valence-electron chi connectivity index (χ3n) is 2.01. The summed E-state index contributed by atoms with van der Waals surface area (Å²) in [4.78, 5) is 26.2. The van der Waals surface area contributed by atoms with Gasteiger partial charge in [-0.05, 0) is 19.4 Å². The van der Waals surface area contributed by atoms with E-state index in [4.69, 9.17) is 5.73 Å². The largest absolute Gasteiger partial charge is 0.368 e. The molecule has 0 aliphatic carbocycles. The summed E-state index contributed by atoms with van der Waals surface area (Å²) >= 11 is 0. The molecule has 80 valence electrons. The zero-order chi connectivity index (χ0) is 10.4. The number of piperidine rings is 1. The lowest BCUT2D eigenvalue weighted by atomic mass is 10.1. The van der Waals surface area contributed by atoms with E-state index in [0.717, 1.165) is 25.8 Å². The highest BCUT2D eigenvalue weighted by Crippen LogP contribution is 2.06. The van der Waals surface area contributed by atoms with Crippen LogP contribution >= 0.6 is 0 Å². The van der Waals surface area contributed by atoms with Gasteiger partial charge in [0, 0.05) is 0 Å². The molecule has 1 aliphatic heterocycles. The molecular weight excluding hydrogens is 186 g/mol. The van der Waals surface area contributed by atoms with Gasteiger partial charge in [0.15, 0.2) is 6.61 Å². The van der Waals surface area contributed by atoms with Crippen LogP contribution in [-0.4, -0.2) is 31.0 Å². The van der Waals surface area contributed by atoms with Crippen LogP contribution < -0.4 is 16.5 Å². The average Bonchev–Trinajstić information content (AvgIpc) is 2.18. The number of nitrogens with one attached hydrogen (secondary N) is 2. The molecule has 1 aliphatic rings. The number of carbonyl (C=O) groups is 2. The molecule has 1 atom stereocenters. The van der Waals surface area contributed by atoms with Crippen LogP contribution in [-0.2, 0) is 14.4 Å². The summed E-state index contributed by atoms with van der Waals surface area (Å²) in [5, 5.41) is 3.05. The van der Waals surface area contributed by atoms with Gasteiger partial charge >= 0.3 is 0 Å². The third-order valence-corrected chi connectivity index (χ3v) is 2.01. The fraction of sp³-hybridized carbons (Fsp3) is 0.750. The van der Waals surface area contributed by atoms with Gasteiger partial charge in [0.1, 0.15) is 0 Å². The van der Waals surface area contributed by atoms with Crippen molar-refractivity contribution in [3.05, 3.63) is 0 Å². The Morgan fingerprint density at radius 3 is 2.86 bits per heavy atom. The van der Waals surface area contributed by atoms with Crippen molar-refractivity contribution in [3.8, 4) is 0 Å². The van der Waals surface area contributed by atoms with Crippen molar-refractivity contribution in [2.45, 2.75) is 25.3 Å². The first-order valence-corrected chi connectivity index (χ1v) is 4.63. The van der Waals surface area contributed by atoms with Crippen molar-refractivity contribution in [2.75, 3.05) is 13.2 Å². The molecule has 1 fully saturated rings. The first-order chi connectivity index (χ1) is 6.70. The highest BCUT2D eigenvalue weighted by Gasteiger charge is 2.20. The number of hydrogen-bond acceptors (Lipinski definition) is 4. The second-order valence-corrected chi connectivity index (χ2v) is 3.22. The van der Waals surface area contributed by atoms with Crippen molar-refractivity contribution in [1.29, 1.82) is 0 Å². The van der Waals surface area contributed by atoms with E-state index in [1.807, 2.05) is 0 Å². The Kier molecular flexibility index (Phi) is 4.34. The minimum atomic E-state index is -0.609. The molecule has 1 rings (SSSR count). The molecule has 1 unspecified atom stereocenters. The van der Waals surface area contributed by atoms with E-state index in [1.165, 1.54) is 0 Å². The predicted molar refractivity (Wildman–Crippen MR) is 48.9 cm³/mol. The molecule has 0 radical (unpaired) electrons. The van der Waals surface area contributed by atoms with Gasteiger partial charge in [0.2, 0.25) is 5.91 Å². The monoisotopic (exact) mass is 201 g/mol. The number of carbonyl (C=O) groups excluding carboxylic acids is 2. The van der Waals surface area contributed by atoms with Crippen LogP contribution in [0.3, 0.4) is 0 Å². The van der Waals surface area contributed by atoms with Gasteiger partial charge in [0.25, 0.3) is 5.91 Å². The number of hydrogen-bond donors (Lipinski definition) is 3. The third kappa shape index (κ3) is 3.71. The van der Waals surface area contributed by atoms with E-state index >= 15 is 0 Å². The van der Waals surface area contributed by atoms with Crippen LogP contribution in [0.15, 0.2) is 0 Å². The van der Waals surface area contributed by atoms with Crippen molar-refractivity contribution in [3.63, 3.8) is 0 Å². The Bertz CT molecular complexity index is 214. The summed E-state index contributed by atoms with van der Waals surface area (Å²) < 4.78 is 0. The van der Waals surface area contributed by atoms with E-state index < -0.39 is 5.91 Å². The van der Waals surface area contributed by atoms with E-state index in [-0.39, 0.29) is 18.6 Å². The topological polar surface area (TPSA) is 93.5 Å². The molecule has 0 spiro atoms. The Labute approximate surface area is 82.1 Å². The maximum atomic E-state index is 11.3. The SMILES string of the molecule is NC(=O)CONC(=O)C1CCCCN1. The lowest BCUT2D eigenvalue weighted by Crippen LogP contribution is -2.47. The number of rotatable bonds is 4. The molecule has 1 heterocycles. The minimum Gasteiger partial charge on any atom is -0.368 e. The van der Waals surface area contributed by atoms with Gasteiger partial charge in [-0.3, -0.25) is 14.4 Å². The van der Waals surface area contributed by atoms with E-state index in [2.05, 4.69) is 15.6 Å². The number of nitrogens with two attached hydrogens (primary N) is 1. The van der Waals surface area contributed by atoms with Gasteiger partial charge in [0.05, 0.1) is 6.04 Å². The molecule has 4 N–H and O–H groups in total. The van der Waals surface area contributed by atoms with Crippen molar-refractivity contribution >= 4 is 11.8 Å². The maximum absolute atomic E-state index is 11.3. The Hall–Kier alpha value is -1.14. The molecule has 14 heavy (non-hydrogen) atoms. The summed E-state index contributed by atoms with van der Waals surface area (Å²) in [5.74, 6) is -0.854. The second kappa shape index (κ2) is 5.56. The minimum absolute atomic E-state index is 0.211. The predicted octanol–water partition coefficient (Wildman–Crippen LogP) is -1.34. The van der Waals surface area contributed by atoms with Gasteiger partial charge in [-0.15, -0.1) is 0 Å². The Balaban J connectivity index is 2.16. The molecule has 0 saturated carbocycles. The number of hydroxylamine groups is 1. The van der Waals surface area contributed by atoms with Gasteiger partial charge < -0.3 is 11.1 Å². The summed E-state index contributed by atoms with van der Waals surface area (Å²) in [6, 6.07) is -0.211. The van der Waals surface area contributed by atoms with Gasteiger partial charge in [-0.1, -0.05) is 6.42 Å². The molecule has 0 aromatic rings. The van der Waals surface area contributed by atoms with Gasteiger partial charge in [-0.2, -0.15) is 0 Å². The highest BCUT2D eigenvalue weighted by molar-refractivity contribution is 5.81. The summed E-state index contributed by atoms with van der Waals surface area (Å²) in [5.41, 5.74) is 7.01. The standard InChI is InChI=1S/C8H15N3O3/c9-7(12)5-14-11-8(13)6-3-1-2-4-10-6/h6,10H,1-5H2,(H2,9,12)(H,11,13). The number of primary amides is 1. The molecular formula is C8H15N3O3. The fourth-order valence-electron chi connectivity index (χ4n) is 1.33. The van der Waals surface area contributed by atoms with Crippen LogP contribution in [0.4, 0.5) is 0 Å². The summed E-state index contributed by atoms with van der Waals surface area (Å²) in [6.07, 6.45) is 2.92. The normalized spacial score (nSPS) is 21.6. The van der Waals surface area contributed by atoms with Crippen molar-refractivity contribution in [1.82, 2.24) is 10.8 Å². The molecule has 1 saturated heterocycles. The van der Waals surface area contributed by atoms with E-state index in [1.54, 1.807) is 0 Å². The molecule has 2 amide bonds. The number of amides is 2. The van der Waals surface area contributed by atoms with Crippen LogP contribution in [0.2, 0.25) is 0 Å². The zero-order valence-electron chi connectivity index (χ0n) is 7.91. The highest BCUT2D eigenvalue weighted by atomic mass is 16.7. The first-order valence-electron chi connectivity index (χ1n) is 4.63. The lowest BCUT2D eigenvalue weighted by molar-refractivity contribution is -0.140. The summed E-state index contributed by atoms with van der Waals surface area (Å²) in [7, 11) is 0. The quantitative estimate of drug-likeness (QED) is 0.491. The molecule has 6 nitrogen and oxygen atoms in total. The maximum Gasteiger partial charge on any atom is 0.260 e. The van der Waals surface area contributed by atoms with Crippen LogP contribution in [0, 0.1) is 0 Å². The smallest absolute Gasteiger partial charge is 0.260 e. The van der Waals surface area contributed by atoms with Gasteiger partial charge in [-0.25, -0.2) is 5.48 Å². The average molecular weight is 201 g/mol. The van der Waals surface area contributed by atoms with Crippen LogP contribution in [0.1, 0.15) is 19.3 Å². The molecule has 6 heteroatoms. The van der Waals surface area contributed by atoms with Crippen molar-refractivity contribution in [2.24, 2.45) is 5.73 Å².